The molecule has 0 fully saturated rings. The Morgan fingerprint density at radius 3 is 2.88 bits per heavy atom. The van der Waals surface area contributed by atoms with E-state index in [-0.39, 0.29) is 0 Å². The molecule has 2 rings (SSSR count). The first-order chi connectivity index (χ1) is 8.31. The quantitative estimate of drug-likeness (QED) is 0.777. The Kier molecular flexibility index (Phi) is 3.93. The predicted octanol–water partition coefficient (Wildman–Crippen LogP) is 2.18. The molecule has 0 amide bonds. The zero-order valence-electron chi connectivity index (χ0n) is 10.2. The summed E-state index contributed by atoms with van der Waals surface area (Å²) in [6.07, 6.45) is 3.49. The average molecular weight is 235 g/mol. The van der Waals surface area contributed by atoms with Crippen molar-refractivity contribution in [2.45, 2.75) is 26.7 Å². The predicted molar refractivity (Wildman–Crippen MR) is 63.6 cm³/mol. The normalized spacial score (nSPS) is 10.9. The highest BCUT2D eigenvalue weighted by Crippen LogP contribution is 2.22. The molecule has 1 N–H and O–H groups in total. The summed E-state index contributed by atoms with van der Waals surface area (Å²) in [7, 11) is 0. The molecule has 5 nitrogen and oxygen atoms in total. The molecule has 2 aromatic rings. The Morgan fingerprint density at radius 2 is 2.18 bits per heavy atom. The summed E-state index contributed by atoms with van der Waals surface area (Å²) in [5.74, 6) is 1.75. The lowest BCUT2D eigenvalue weighted by molar-refractivity contribution is 0.472. The van der Waals surface area contributed by atoms with Gasteiger partial charge in [-0.3, -0.25) is 0 Å². The monoisotopic (exact) mass is 235 g/mol. The van der Waals surface area contributed by atoms with Crippen molar-refractivity contribution < 1.29 is 8.83 Å². The zero-order valence-corrected chi connectivity index (χ0v) is 10.2. The number of furan rings is 1. The Morgan fingerprint density at radius 1 is 1.29 bits per heavy atom. The van der Waals surface area contributed by atoms with Crippen LogP contribution in [0.15, 0.2) is 21.2 Å². The van der Waals surface area contributed by atoms with E-state index in [1.54, 1.807) is 6.26 Å². The highest BCUT2D eigenvalue weighted by molar-refractivity contribution is 5.49. The smallest absolute Gasteiger partial charge is 0.283 e. The van der Waals surface area contributed by atoms with Crippen molar-refractivity contribution in [2.24, 2.45) is 0 Å². The SMILES string of the molecule is CCCNCCc1nnc(-c2occc2C)o1. The van der Waals surface area contributed by atoms with Crippen LogP contribution in [0.1, 0.15) is 24.8 Å². The van der Waals surface area contributed by atoms with Crippen LogP contribution in [-0.4, -0.2) is 23.3 Å². The Hall–Kier alpha value is -1.62. The minimum Gasteiger partial charge on any atom is -0.459 e. The maximum absolute atomic E-state index is 5.53. The molecule has 5 heteroatoms. The van der Waals surface area contributed by atoms with Gasteiger partial charge in [-0.05, 0) is 26.0 Å². The van der Waals surface area contributed by atoms with Gasteiger partial charge in [-0.15, -0.1) is 10.2 Å². The zero-order chi connectivity index (χ0) is 12.1. The van der Waals surface area contributed by atoms with E-state index >= 15 is 0 Å². The number of hydrogen-bond acceptors (Lipinski definition) is 5. The van der Waals surface area contributed by atoms with Gasteiger partial charge in [0.15, 0.2) is 5.76 Å². The average Bonchev–Trinajstić information content (AvgIpc) is 2.93. The molecule has 0 spiro atoms. The van der Waals surface area contributed by atoms with Crippen LogP contribution in [0.25, 0.3) is 11.7 Å². The van der Waals surface area contributed by atoms with E-state index in [9.17, 15) is 0 Å². The minimum atomic E-state index is 0.456. The topological polar surface area (TPSA) is 64.1 Å². The van der Waals surface area contributed by atoms with Crippen LogP contribution >= 0.6 is 0 Å². The summed E-state index contributed by atoms with van der Waals surface area (Å²) in [6.45, 7) is 5.95. The highest BCUT2D eigenvalue weighted by atomic mass is 16.4. The van der Waals surface area contributed by atoms with Crippen molar-refractivity contribution in [1.82, 2.24) is 15.5 Å². The molecule has 0 radical (unpaired) electrons. The van der Waals surface area contributed by atoms with E-state index in [1.165, 1.54) is 0 Å². The third kappa shape index (κ3) is 2.94. The summed E-state index contributed by atoms with van der Waals surface area (Å²) in [5.41, 5.74) is 1.00. The number of aryl methyl sites for hydroxylation is 1. The lowest BCUT2D eigenvalue weighted by Crippen LogP contribution is -2.17. The van der Waals surface area contributed by atoms with Crippen LogP contribution in [0.2, 0.25) is 0 Å². The molecule has 2 aromatic heterocycles. The third-order valence-electron chi connectivity index (χ3n) is 2.47. The molecule has 0 aliphatic heterocycles. The first-order valence-electron chi connectivity index (χ1n) is 5.89. The number of nitrogens with one attached hydrogen (secondary N) is 1. The highest BCUT2D eigenvalue weighted by Gasteiger charge is 2.13. The Bertz CT molecular complexity index is 462. The van der Waals surface area contributed by atoms with Crippen LogP contribution < -0.4 is 5.32 Å². The number of rotatable bonds is 6. The first kappa shape index (κ1) is 11.9. The van der Waals surface area contributed by atoms with Crippen molar-refractivity contribution in [3.05, 3.63) is 23.8 Å². The molecular weight excluding hydrogens is 218 g/mol. The molecule has 0 aliphatic carbocycles. The molecule has 0 saturated heterocycles. The molecule has 0 unspecified atom stereocenters. The fraction of sp³-hybridized carbons (Fsp3) is 0.500. The summed E-state index contributed by atoms with van der Waals surface area (Å²) >= 11 is 0. The van der Waals surface area contributed by atoms with Crippen molar-refractivity contribution in [2.75, 3.05) is 13.1 Å². The summed E-state index contributed by atoms with van der Waals surface area (Å²) < 4.78 is 10.8. The largest absolute Gasteiger partial charge is 0.459 e. The van der Waals surface area contributed by atoms with Crippen molar-refractivity contribution in [3.63, 3.8) is 0 Å². The molecule has 92 valence electrons. The fourth-order valence-corrected chi connectivity index (χ4v) is 1.54. The van der Waals surface area contributed by atoms with Crippen molar-refractivity contribution in [1.29, 1.82) is 0 Å². The first-order valence-corrected chi connectivity index (χ1v) is 5.89. The van der Waals surface area contributed by atoms with Crippen LogP contribution in [0.4, 0.5) is 0 Å². The van der Waals surface area contributed by atoms with E-state index in [0.29, 0.717) is 17.5 Å². The molecular formula is C12H17N3O2. The van der Waals surface area contributed by atoms with E-state index in [1.807, 2.05) is 13.0 Å². The number of aromatic nitrogens is 2. The van der Waals surface area contributed by atoms with Gasteiger partial charge in [0.25, 0.3) is 5.89 Å². The van der Waals surface area contributed by atoms with Gasteiger partial charge in [-0.2, -0.15) is 0 Å². The van der Waals surface area contributed by atoms with E-state index < -0.39 is 0 Å². The molecule has 17 heavy (non-hydrogen) atoms. The maximum Gasteiger partial charge on any atom is 0.283 e. The van der Waals surface area contributed by atoms with Crippen LogP contribution in [-0.2, 0) is 6.42 Å². The van der Waals surface area contributed by atoms with Crippen LogP contribution in [0, 0.1) is 6.92 Å². The second-order valence-corrected chi connectivity index (χ2v) is 3.93. The molecule has 2 heterocycles. The lowest BCUT2D eigenvalue weighted by atomic mass is 10.3. The third-order valence-corrected chi connectivity index (χ3v) is 2.47. The Labute approximate surface area is 100 Å². The summed E-state index contributed by atoms with van der Waals surface area (Å²) in [6, 6.07) is 1.88. The molecule has 0 aromatic carbocycles. The van der Waals surface area contributed by atoms with Gasteiger partial charge in [0, 0.05) is 18.5 Å². The standard InChI is InChI=1S/C12H17N3O2/c1-3-6-13-7-4-10-14-15-12(17-10)11-9(2)5-8-16-11/h5,8,13H,3-4,6-7H2,1-2H3. The minimum absolute atomic E-state index is 0.456. The van der Waals surface area contributed by atoms with E-state index in [0.717, 1.165) is 31.5 Å². The lowest BCUT2D eigenvalue weighted by Gasteiger charge is -1.98. The van der Waals surface area contributed by atoms with Gasteiger partial charge in [0.05, 0.1) is 6.26 Å². The number of nitrogens with zero attached hydrogens (tertiary/aromatic N) is 2. The van der Waals surface area contributed by atoms with E-state index in [4.69, 9.17) is 8.83 Å². The maximum atomic E-state index is 5.53. The molecule has 0 saturated carbocycles. The summed E-state index contributed by atoms with van der Waals surface area (Å²) in [4.78, 5) is 0. The van der Waals surface area contributed by atoms with Gasteiger partial charge in [-0.1, -0.05) is 6.92 Å². The van der Waals surface area contributed by atoms with E-state index in [2.05, 4.69) is 22.4 Å². The van der Waals surface area contributed by atoms with Crippen LogP contribution in [0.5, 0.6) is 0 Å². The number of hydrogen-bond donors (Lipinski definition) is 1. The van der Waals surface area contributed by atoms with Gasteiger partial charge in [0.1, 0.15) is 0 Å². The van der Waals surface area contributed by atoms with Gasteiger partial charge in [-0.25, -0.2) is 0 Å². The fourth-order valence-electron chi connectivity index (χ4n) is 1.54. The molecule has 0 aliphatic rings. The molecule has 0 bridgehead atoms. The van der Waals surface area contributed by atoms with Gasteiger partial charge in [0.2, 0.25) is 5.89 Å². The Balaban J connectivity index is 1.95. The van der Waals surface area contributed by atoms with Crippen molar-refractivity contribution >= 4 is 0 Å². The second kappa shape index (κ2) is 5.63. The van der Waals surface area contributed by atoms with Gasteiger partial charge < -0.3 is 14.2 Å². The van der Waals surface area contributed by atoms with Crippen LogP contribution in [0.3, 0.4) is 0 Å². The summed E-state index contributed by atoms with van der Waals surface area (Å²) in [5, 5.41) is 11.3. The van der Waals surface area contributed by atoms with Crippen molar-refractivity contribution in [3.8, 4) is 11.7 Å². The van der Waals surface area contributed by atoms with Gasteiger partial charge >= 0.3 is 0 Å². The molecule has 0 atom stereocenters. The second-order valence-electron chi connectivity index (χ2n) is 3.93.